The van der Waals surface area contributed by atoms with Crippen molar-refractivity contribution in [1.82, 2.24) is 19.3 Å². The van der Waals surface area contributed by atoms with Crippen molar-refractivity contribution in [2.75, 3.05) is 0 Å². The molecule has 0 bridgehead atoms. The summed E-state index contributed by atoms with van der Waals surface area (Å²) in [7, 11) is 0. The Morgan fingerprint density at radius 1 is 1.24 bits per heavy atom. The minimum Gasteiger partial charge on any atom is -0.390 e. The Hall–Kier alpha value is -3.55. The van der Waals surface area contributed by atoms with Gasteiger partial charge < -0.3 is 4.42 Å². The highest BCUT2D eigenvalue weighted by molar-refractivity contribution is 5.99. The molecule has 2 aromatic heterocycles. The highest BCUT2D eigenvalue weighted by atomic mass is 16.4. The molecule has 0 amide bonds. The third-order valence-electron chi connectivity index (χ3n) is 4.56. The molecule has 0 aliphatic carbocycles. The Bertz CT molecular complexity index is 1170. The van der Waals surface area contributed by atoms with E-state index in [0.29, 0.717) is 29.9 Å². The molecule has 0 atom stereocenters. The molecule has 2 heterocycles. The van der Waals surface area contributed by atoms with Gasteiger partial charge in [0.1, 0.15) is 6.54 Å². The molecule has 0 aliphatic rings. The molecule has 0 spiro atoms. The second-order valence-electron chi connectivity index (χ2n) is 6.76. The SMILES string of the molecule is C=CN=C(C)c1c(C)ncn(Cc2nn(CCc3ccc(C)cc3)c(=O)o2)c1=O. The van der Waals surface area contributed by atoms with Crippen LogP contribution < -0.4 is 11.3 Å². The van der Waals surface area contributed by atoms with E-state index in [4.69, 9.17) is 4.42 Å². The summed E-state index contributed by atoms with van der Waals surface area (Å²) in [6.07, 6.45) is 3.44. The van der Waals surface area contributed by atoms with Gasteiger partial charge in [0.05, 0.1) is 29.8 Å². The number of hydrogen-bond donors (Lipinski definition) is 0. The summed E-state index contributed by atoms with van der Waals surface area (Å²) >= 11 is 0. The second kappa shape index (κ2) is 8.64. The summed E-state index contributed by atoms with van der Waals surface area (Å²) in [4.78, 5) is 33.2. The Labute approximate surface area is 167 Å². The Kier molecular flexibility index (Phi) is 6.01. The van der Waals surface area contributed by atoms with E-state index in [0.717, 1.165) is 5.56 Å². The summed E-state index contributed by atoms with van der Waals surface area (Å²) < 4.78 is 7.84. The first kappa shape index (κ1) is 20.2. The van der Waals surface area contributed by atoms with E-state index in [1.165, 1.54) is 27.3 Å². The van der Waals surface area contributed by atoms with E-state index >= 15 is 0 Å². The number of hydrogen-bond acceptors (Lipinski definition) is 6. The Morgan fingerprint density at radius 3 is 2.66 bits per heavy atom. The standard InChI is InChI=1S/C21H23N5O3/c1-5-22-15(3)19-16(4)23-13-25(20(19)27)12-18-24-26(21(28)29-18)11-10-17-8-6-14(2)7-9-17/h5-9,13H,1,10-12H2,2-4H3. The Balaban J connectivity index is 1.80. The van der Waals surface area contributed by atoms with Gasteiger partial charge in [-0.3, -0.25) is 14.4 Å². The summed E-state index contributed by atoms with van der Waals surface area (Å²) in [6.45, 7) is 9.43. The molecule has 0 saturated carbocycles. The fourth-order valence-corrected chi connectivity index (χ4v) is 2.99. The van der Waals surface area contributed by atoms with Gasteiger partial charge in [0.15, 0.2) is 0 Å². The average Bonchev–Trinajstić information content (AvgIpc) is 3.03. The van der Waals surface area contributed by atoms with Crippen molar-refractivity contribution in [2.45, 2.75) is 40.3 Å². The maximum absolute atomic E-state index is 12.8. The van der Waals surface area contributed by atoms with Crippen molar-refractivity contribution in [2.24, 2.45) is 4.99 Å². The molecule has 0 saturated heterocycles. The van der Waals surface area contributed by atoms with Gasteiger partial charge in [-0.25, -0.2) is 9.78 Å². The fourth-order valence-electron chi connectivity index (χ4n) is 2.99. The third kappa shape index (κ3) is 4.66. The summed E-state index contributed by atoms with van der Waals surface area (Å²) in [5, 5.41) is 4.22. The lowest BCUT2D eigenvalue weighted by Gasteiger charge is -2.07. The number of rotatable bonds is 7. The van der Waals surface area contributed by atoms with Crippen molar-refractivity contribution in [3.8, 4) is 0 Å². The fraction of sp³-hybridized carbons (Fsp3) is 0.286. The van der Waals surface area contributed by atoms with Crippen molar-refractivity contribution in [1.29, 1.82) is 0 Å². The van der Waals surface area contributed by atoms with E-state index in [9.17, 15) is 9.59 Å². The molecule has 3 aromatic rings. The quantitative estimate of drug-likeness (QED) is 0.574. The predicted molar refractivity (Wildman–Crippen MR) is 110 cm³/mol. The van der Waals surface area contributed by atoms with Gasteiger partial charge in [0, 0.05) is 6.20 Å². The first-order valence-corrected chi connectivity index (χ1v) is 9.23. The van der Waals surface area contributed by atoms with E-state index in [1.807, 2.05) is 31.2 Å². The first-order chi connectivity index (χ1) is 13.9. The van der Waals surface area contributed by atoms with Crippen LogP contribution in [0, 0.1) is 13.8 Å². The van der Waals surface area contributed by atoms with Gasteiger partial charge >= 0.3 is 5.76 Å². The van der Waals surface area contributed by atoms with Crippen LogP contribution in [0.3, 0.4) is 0 Å². The van der Waals surface area contributed by atoms with Gasteiger partial charge in [0.25, 0.3) is 5.56 Å². The zero-order valence-corrected chi connectivity index (χ0v) is 16.8. The molecule has 8 nitrogen and oxygen atoms in total. The topological polar surface area (TPSA) is 95.3 Å². The lowest BCUT2D eigenvalue weighted by molar-refractivity contribution is 0.433. The molecule has 0 aliphatic heterocycles. The molecule has 0 N–H and O–H groups in total. The van der Waals surface area contributed by atoms with Crippen molar-refractivity contribution < 1.29 is 4.42 Å². The minimum absolute atomic E-state index is 0.00720. The van der Waals surface area contributed by atoms with Gasteiger partial charge in [-0.2, -0.15) is 4.68 Å². The first-order valence-electron chi connectivity index (χ1n) is 9.23. The van der Waals surface area contributed by atoms with Crippen LogP contribution in [0.25, 0.3) is 0 Å². The van der Waals surface area contributed by atoms with Gasteiger partial charge in [-0.1, -0.05) is 36.4 Å². The van der Waals surface area contributed by atoms with Crippen LogP contribution in [0.15, 0.2) is 62.4 Å². The molecule has 150 valence electrons. The molecular formula is C21H23N5O3. The molecule has 1 aromatic carbocycles. The molecule has 8 heteroatoms. The Morgan fingerprint density at radius 2 is 1.97 bits per heavy atom. The van der Waals surface area contributed by atoms with E-state index in [1.54, 1.807) is 13.8 Å². The van der Waals surface area contributed by atoms with E-state index in [-0.39, 0.29) is 18.0 Å². The number of nitrogens with zero attached hydrogens (tertiary/aromatic N) is 5. The van der Waals surface area contributed by atoms with Crippen molar-refractivity contribution >= 4 is 5.71 Å². The summed E-state index contributed by atoms with van der Waals surface area (Å²) in [5.41, 5.74) is 3.49. The number of aryl methyl sites for hydroxylation is 4. The smallest absolute Gasteiger partial charge is 0.390 e. The lowest BCUT2D eigenvalue weighted by atomic mass is 10.1. The molecule has 0 unspecified atom stereocenters. The monoisotopic (exact) mass is 393 g/mol. The van der Waals surface area contributed by atoms with Gasteiger partial charge in [-0.05, 0) is 32.8 Å². The second-order valence-corrected chi connectivity index (χ2v) is 6.76. The van der Waals surface area contributed by atoms with Crippen molar-refractivity contribution in [3.05, 3.63) is 92.6 Å². The molecule has 0 radical (unpaired) electrons. The average molecular weight is 393 g/mol. The van der Waals surface area contributed by atoms with E-state index in [2.05, 4.69) is 21.7 Å². The molecular weight excluding hydrogens is 370 g/mol. The van der Waals surface area contributed by atoms with Gasteiger partial charge in [0.2, 0.25) is 5.89 Å². The maximum atomic E-state index is 12.8. The van der Waals surface area contributed by atoms with Crippen LogP contribution in [-0.2, 0) is 19.5 Å². The number of aliphatic imine (C=N–C) groups is 1. The van der Waals surface area contributed by atoms with Gasteiger partial charge in [-0.15, -0.1) is 5.10 Å². The summed E-state index contributed by atoms with van der Waals surface area (Å²) in [6, 6.07) is 8.10. The summed E-state index contributed by atoms with van der Waals surface area (Å²) in [5.74, 6) is -0.402. The number of benzene rings is 1. The van der Waals surface area contributed by atoms with E-state index < -0.39 is 5.76 Å². The van der Waals surface area contributed by atoms with Crippen LogP contribution in [0.5, 0.6) is 0 Å². The van der Waals surface area contributed by atoms with Crippen LogP contribution in [0.4, 0.5) is 0 Å². The maximum Gasteiger partial charge on any atom is 0.437 e. The predicted octanol–water partition coefficient (Wildman–Crippen LogP) is 2.25. The highest BCUT2D eigenvalue weighted by Gasteiger charge is 2.14. The highest BCUT2D eigenvalue weighted by Crippen LogP contribution is 2.05. The lowest BCUT2D eigenvalue weighted by Crippen LogP contribution is -2.28. The molecule has 3 rings (SSSR count). The molecule has 29 heavy (non-hydrogen) atoms. The van der Waals surface area contributed by atoms with Crippen molar-refractivity contribution in [3.63, 3.8) is 0 Å². The minimum atomic E-state index is -0.551. The zero-order valence-electron chi connectivity index (χ0n) is 16.8. The third-order valence-corrected chi connectivity index (χ3v) is 4.56. The van der Waals surface area contributed by atoms with Crippen LogP contribution in [-0.4, -0.2) is 25.0 Å². The van der Waals surface area contributed by atoms with Crippen LogP contribution in [0.1, 0.15) is 35.2 Å². The normalized spacial score (nSPS) is 11.6. The van der Waals surface area contributed by atoms with Crippen LogP contribution >= 0.6 is 0 Å². The molecule has 0 fully saturated rings. The largest absolute Gasteiger partial charge is 0.437 e. The van der Waals surface area contributed by atoms with Crippen LogP contribution in [0.2, 0.25) is 0 Å². The zero-order chi connectivity index (χ0) is 21.0. The number of aromatic nitrogens is 4.